The fourth-order valence-corrected chi connectivity index (χ4v) is 3.42. The van der Waals surface area contributed by atoms with Gasteiger partial charge in [0.2, 0.25) is 0 Å². The molecule has 0 spiro atoms. The van der Waals surface area contributed by atoms with Crippen LogP contribution in [0, 0.1) is 5.92 Å². The zero-order valence-electron chi connectivity index (χ0n) is 13.2. The number of likely N-dealkylation sites (N-methyl/N-ethyl adjacent to an activating group) is 1. The Labute approximate surface area is 133 Å². The molecule has 2 aromatic rings. The van der Waals surface area contributed by atoms with Crippen LogP contribution in [0.2, 0.25) is 0 Å². The summed E-state index contributed by atoms with van der Waals surface area (Å²) < 4.78 is 39.6. The second-order valence-corrected chi connectivity index (χ2v) is 6.26. The van der Waals surface area contributed by atoms with Gasteiger partial charge in [-0.15, -0.1) is 0 Å². The fraction of sp³-hybridized carbons (Fsp3) is 0.471. The average Bonchev–Trinajstić information content (AvgIpc) is 2.52. The van der Waals surface area contributed by atoms with E-state index in [9.17, 15) is 13.2 Å². The molecule has 2 atom stereocenters. The van der Waals surface area contributed by atoms with Gasteiger partial charge in [0.25, 0.3) is 0 Å². The fourth-order valence-electron chi connectivity index (χ4n) is 3.42. The molecule has 1 saturated heterocycles. The number of nitrogens with one attached hydrogen (secondary N) is 1. The quantitative estimate of drug-likeness (QED) is 0.914. The Morgan fingerprint density at radius 3 is 2.70 bits per heavy atom. The van der Waals surface area contributed by atoms with Gasteiger partial charge < -0.3 is 10.2 Å². The Kier molecular flexibility index (Phi) is 4.19. The van der Waals surface area contributed by atoms with Crippen molar-refractivity contribution < 1.29 is 13.2 Å². The van der Waals surface area contributed by atoms with E-state index in [1.165, 1.54) is 6.20 Å². The maximum Gasteiger partial charge on any atom is 0.418 e. The van der Waals surface area contributed by atoms with Crippen LogP contribution in [0.5, 0.6) is 0 Å². The molecule has 0 bridgehead atoms. The minimum atomic E-state index is -4.40. The van der Waals surface area contributed by atoms with E-state index in [-0.39, 0.29) is 5.52 Å². The van der Waals surface area contributed by atoms with Crippen LogP contribution in [0.1, 0.15) is 18.9 Å². The molecule has 1 aromatic heterocycles. The largest absolute Gasteiger partial charge is 0.418 e. The SMILES string of the molecule is CN[C@@H]1C[C@H](C)CN(c2ccc(C(F)(F)F)c3ncccc23)C1. The van der Waals surface area contributed by atoms with Crippen molar-refractivity contribution in [3.05, 3.63) is 36.0 Å². The standard InChI is InChI=1S/C17H20F3N3/c1-11-8-12(21-2)10-23(9-11)15-6-5-14(17(18,19)20)16-13(15)4-3-7-22-16/h3-7,11-12,21H,8-10H2,1-2H3/t11-,12+/m0/s1. The summed E-state index contributed by atoms with van der Waals surface area (Å²) in [4.78, 5) is 6.17. The minimum Gasteiger partial charge on any atom is -0.369 e. The van der Waals surface area contributed by atoms with Crippen molar-refractivity contribution in [3.8, 4) is 0 Å². The summed E-state index contributed by atoms with van der Waals surface area (Å²) in [5.41, 5.74) is 0.178. The Balaban J connectivity index is 2.09. The van der Waals surface area contributed by atoms with Crippen molar-refractivity contribution in [2.24, 2.45) is 5.92 Å². The predicted octanol–water partition coefficient (Wildman–Crippen LogP) is 3.69. The van der Waals surface area contributed by atoms with E-state index in [0.717, 1.165) is 31.3 Å². The molecule has 0 unspecified atom stereocenters. The van der Waals surface area contributed by atoms with Crippen molar-refractivity contribution in [2.45, 2.75) is 25.6 Å². The van der Waals surface area contributed by atoms with E-state index in [0.29, 0.717) is 17.3 Å². The molecule has 1 N–H and O–H groups in total. The van der Waals surface area contributed by atoms with Gasteiger partial charge in [-0.1, -0.05) is 6.92 Å². The van der Waals surface area contributed by atoms with Crippen molar-refractivity contribution >= 4 is 16.6 Å². The Bertz CT molecular complexity index is 699. The molecular weight excluding hydrogens is 303 g/mol. The van der Waals surface area contributed by atoms with Gasteiger partial charge in [-0.05, 0) is 43.7 Å². The molecular formula is C17H20F3N3. The minimum absolute atomic E-state index is 0.0248. The number of benzene rings is 1. The number of pyridine rings is 1. The number of hydrogen-bond donors (Lipinski definition) is 1. The molecule has 3 rings (SSSR count). The highest BCUT2D eigenvalue weighted by molar-refractivity contribution is 5.94. The van der Waals surface area contributed by atoms with Gasteiger partial charge in [-0.3, -0.25) is 4.98 Å². The second-order valence-electron chi connectivity index (χ2n) is 6.26. The molecule has 1 fully saturated rings. The number of rotatable bonds is 2. The molecule has 0 amide bonds. The lowest BCUT2D eigenvalue weighted by Crippen LogP contribution is -2.47. The van der Waals surface area contributed by atoms with Crippen LogP contribution in [0.15, 0.2) is 30.5 Å². The maximum atomic E-state index is 13.2. The van der Waals surface area contributed by atoms with Crippen LogP contribution >= 0.6 is 0 Å². The number of halogens is 3. The van der Waals surface area contributed by atoms with Gasteiger partial charge in [0.05, 0.1) is 11.1 Å². The molecule has 1 aliphatic rings. The Morgan fingerprint density at radius 1 is 1.22 bits per heavy atom. The third-order valence-corrected chi connectivity index (χ3v) is 4.46. The summed E-state index contributed by atoms with van der Waals surface area (Å²) in [7, 11) is 1.92. The van der Waals surface area contributed by atoms with Gasteiger partial charge in [-0.25, -0.2) is 0 Å². The first-order valence-corrected chi connectivity index (χ1v) is 7.77. The Hall–Kier alpha value is -1.82. The van der Waals surface area contributed by atoms with E-state index in [2.05, 4.69) is 22.1 Å². The van der Waals surface area contributed by atoms with Gasteiger partial charge >= 0.3 is 6.18 Å². The normalized spacial score (nSPS) is 22.6. The zero-order valence-corrected chi connectivity index (χ0v) is 13.2. The molecule has 6 heteroatoms. The summed E-state index contributed by atoms with van der Waals surface area (Å²) in [6.45, 7) is 3.80. The van der Waals surface area contributed by atoms with E-state index in [1.54, 1.807) is 18.2 Å². The molecule has 0 radical (unpaired) electrons. The first kappa shape index (κ1) is 16.1. The van der Waals surface area contributed by atoms with Crippen LogP contribution in [-0.2, 0) is 6.18 Å². The first-order valence-electron chi connectivity index (χ1n) is 7.77. The zero-order chi connectivity index (χ0) is 16.6. The molecule has 3 nitrogen and oxygen atoms in total. The molecule has 1 aliphatic heterocycles. The van der Waals surface area contributed by atoms with E-state index >= 15 is 0 Å². The number of aromatic nitrogens is 1. The lowest BCUT2D eigenvalue weighted by atomic mass is 9.94. The predicted molar refractivity (Wildman–Crippen MR) is 85.6 cm³/mol. The highest BCUT2D eigenvalue weighted by atomic mass is 19.4. The topological polar surface area (TPSA) is 28.2 Å². The molecule has 1 aromatic carbocycles. The van der Waals surface area contributed by atoms with Gasteiger partial charge in [0.1, 0.15) is 0 Å². The lowest BCUT2D eigenvalue weighted by molar-refractivity contribution is -0.136. The van der Waals surface area contributed by atoms with Crippen molar-refractivity contribution in [2.75, 3.05) is 25.0 Å². The third-order valence-electron chi connectivity index (χ3n) is 4.46. The number of hydrogen-bond acceptors (Lipinski definition) is 3. The highest BCUT2D eigenvalue weighted by Crippen LogP contribution is 2.38. The van der Waals surface area contributed by atoms with Crippen LogP contribution in [0.25, 0.3) is 10.9 Å². The second kappa shape index (κ2) is 6.00. The number of fused-ring (bicyclic) bond motifs is 1. The molecule has 0 saturated carbocycles. The highest BCUT2D eigenvalue weighted by Gasteiger charge is 2.34. The van der Waals surface area contributed by atoms with Crippen LogP contribution in [0.3, 0.4) is 0 Å². The summed E-state index contributed by atoms with van der Waals surface area (Å²) in [6.07, 6.45) is -1.91. The van der Waals surface area contributed by atoms with Crippen LogP contribution < -0.4 is 10.2 Å². The van der Waals surface area contributed by atoms with E-state index < -0.39 is 11.7 Å². The summed E-state index contributed by atoms with van der Waals surface area (Å²) >= 11 is 0. The molecule has 124 valence electrons. The van der Waals surface area contributed by atoms with Crippen molar-refractivity contribution in [1.29, 1.82) is 0 Å². The molecule has 2 heterocycles. The summed E-state index contributed by atoms with van der Waals surface area (Å²) in [5, 5.41) is 3.84. The number of anilines is 1. The van der Waals surface area contributed by atoms with Gasteiger partial charge in [-0.2, -0.15) is 13.2 Å². The molecule has 23 heavy (non-hydrogen) atoms. The van der Waals surface area contributed by atoms with Crippen LogP contribution in [-0.4, -0.2) is 31.2 Å². The first-order chi connectivity index (χ1) is 10.9. The van der Waals surface area contributed by atoms with Crippen LogP contribution in [0.4, 0.5) is 18.9 Å². The van der Waals surface area contributed by atoms with Crippen molar-refractivity contribution in [3.63, 3.8) is 0 Å². The number of nitrogens with zero attached hydrogens (tertiary/aromatic N) is 2. The smallest absolute Gasteiger partial charge is 0.369 e. The van der Waals surface area contributed by atoms with Crippen molar-refractivity contribution in [1.82, 2.24) is 10.3 Å². The number of piperidine rings is 1. The van der Waals surface area contributed by atoms with E-state index in [4.69, 9.17) is 0 Å². The maximum absolute atomic E-state index is 13.2. The summed E-state index contributed by atoms with van der Waals surface area (Å²) in [6, 6.07) is 6.48. The average molecular weight is 323 g/mol. The van der Waals surface area contributed by atoms with Gasteiger partial charge in [0, 0.05) is 36.4 Å². The number of alkyl halides is 3. The van der Waals surface area contributed by atoms with Gasteiger partial charge in [0.15, 0.2) is 0 Å². The monoisotopic (exact) mass is 323 g/mol. The Morgan fingerprint density at radius 2 is 2.00 bits per heavy atom. The lowest BCUT2D eigenvalue weighted by Gasteiger charge is -2.38. The summed E-state index contributed by atoms with van der Waals surface area (Å²) in [5.74, 6) is 0.482. The molecule has 0 aliphatic carbocycles. The van der Waals surface area contributed by atoms with E-state index in [1.807, 2.05) is 7.05 Å². The third kappa shape index (κ3) is 3.13.